The quantitative estimate of drug-likeness (QED) is 0.782. The van der Waals surface area contributed by atoms with Crippen LogP contribution >= 0.6 is 22.7 Å². The number of thiophene rings is 1. The molecule has 3 aromatic rings. The van der Waals surface area contributed by atoms with Gasteiger partial charge in [-0.3, -0.25) is 9.36 Å². The van der Waals surface area contributed by atoms with E-state index in [9.17, 15) is 4.79 Å². The molecule has 0 aromatic carbocycles. The van der Waals surface area contributed by atoms with E-state index in [1.165, 1.54) is 22.7 Å². The Balaban J connectivity index is 1.83. The molecular formula is C12H13N5OS2. The van der Waals surface area contributed by atoms with Gasteiger partial charge in [-0.05, 0) is 17.9 Å². The third-order valence-corrected chi connectivity index (χ3v) is 4.44. The summed E-state index contributed by atoms with van der Waals surface area (Å²) in [7, 11) is 0. The standard InChI is InChI=1S/C12H13N5OS2/c1-2-4-13-12-16-15-9(20-12)6-17-7-14-10-8(11(17)18)3-5-19-10/h3,5,7H,2,4,6H2,1H3,(H,13,16). The van der Waals surface area contributed by atoms with Gasteiger partial charge in [-0.25, -0.2) is 4.98 Å². The predicted molar refractivity (Wildman–Crippen MR) is 81.7 cm³/mol. The Hall–Kier alpha value is -1.80. The Labute approximate surface area is 123 Å². The molecule has 0 bridgehead atoms. The van der Waals surface area contributed by atoms with E-state index in [-0.39, 0.29) is 5.56 Å². The topological polar surface area (TPSA) is 72.7 Å². The summed E-state index contributed by atoms with van der Waals surface area (Å²) in [4.78, 5) is 17.3. The maximum atomic E-state index is 12.2. The molecule has 0 atom stereocenters. The van der Waals surface area contributed by atoms with E-state index in [1.54, 1.807) is 17.0 Å². The SMILES string of the molecule is CCCNc1nnc(Cn2cnc3sccc3c2=O)s1. The minimum atomic E-state index is -0.0329. The minimum absolute atomic E-state index is 0.0329. The number of fused-ring (bicyclic) bond motifs is 1. The summed E-state index contributed by atoms with van der Waals surface area (Å²) in [6.07, 6.45) is 2.61. The Bertz CT molecular complexity index is 775. The van der Waals surface area contributed by atoms with Gasteiger partial charge in [0, 0.05) is 6.54 Å². The lowest BCUT2D eigenvalue weighted by molar-refractivity contribution is 0.735. The van der Waals surface area contributed by atoms with Crippen molar-refractivity contribution >= 4 is 38.0 Å². The largest absolute Gasteiger partial charge is 0.360 e. The molecule has 0 amide bonds. The number of anilines is 1. The molecule has 0 aliphatic rings. The first-order chi connectivity index (χ1) is 9.78. The first-order valence-corrected chi connectivity index (χ1v) is 7.96. The fourth-order valence-corrected chi connectivity index (χ4v) is 3.26. The van der Waals surface area contributed by atoms with Crippen LogP contribution in [0.3, 0.4) is 0 Å². The highest BCUT2D eigenvalue weighted by Gasteiger charge is 2.08. The minimum Gasteiger partial charge on any atom is -0.360 e. The van der Waals surface area contributed by atoms with Crippen molar-refractivity contribution in [2.24, 2.45) is 0 Å². The van der Waals surface area contributed by atoms with E-state index in [0.29, 0.717) is 11.9 Å². The Morgan fingerprint density at radius 3 is 3.15 bits per heavy atom. The monoisotopic (exact) mass is 307 g/mol. The van der Waals surface area contributed by atoms with Crippen molar-refractivity contribution in [1.82, 2.24) is 19.7 Å². The zero-order valence-corrected chi connectivity index (χ0v) is 12.5. The zero-order valence-electron chi connectivity index (χ0n) is 10.9. The van der Waals surface area contributed by atoms with Crippen LogP contribution in [0.25, 0.3) is 10.2 Å². The molecule has 3 aromatic heterocycles. The fourth-order valence-electron chi connectivity index (χ4n) is 1.77. The smallest absolute Gasteiger partial charge is 0.262 e. The number of nitrogens with zero attached hydrogens (tertiary/aromatic N) is 4. The number of hydrogen-bond donors (Lipinski definition) is 1. The second-order valence-electron chi connectivity index (χ2n) is 4.24. The third kappa shape index (κ3) is 2.56. The van der Waals surface area contributed by atoms with Gasteiger partial charge in [0.1, 0.15) is 9.84 Å². The molecular weight excluding hydrogens is 294 g/mol. The van der Waals surface area contributed by atoms with Crippen LogP contribution in [-0.2, 0) is 6.54 Å². The van der Waals surface area contributed by atoms with Crippen molar-refractivity contribution in [2.45, 2.75) is 19.9 Å². The second-order valence-corrected chi connectivity index (χ2v) is 6.20. The molecule has 3 heterocycles. The molecule has 3 rings (SSSR count). The average Bonchev–Trinajstić information content (AvgIpc) is 3.09. The fraction of sp³-hybridized carbons (Fsp3) is 0.333. The third-order valence-electron chi connectivity index (χ3n) is 2.75. The average molecular weight is 307 g/mol. The molecule has 0 fully saturated rings. The number of aromatic nitrogens is 4. The summed E-state index contributed by atoms with van der Waals surface area (Å²) < 4.78 is 1.57. The van der Waals surface area contributed by atoms with Crippen molar-refractivity contribution in [3.05, 3.63) is 33.1 Å². The summed E-state index contributed by atoms with van der Waals surface area (Å²) in [5.41, 5.74) is -0.0329. The Morgan fingerprint density at radius 2 is 2.30 bits per heavy atom. The van der Waals surface area contributed by atoms with Gasteiger partial charge in [-0.15, -0.1) is 21.5 Å². The van der Waals surface area contributed by atoms with Crippen molar-refractivity contribution < 1.29 is 0 Å². The zero-order chi connectivity index (χ0) is 13.9. The summed E-state index contributed by atoms with van der Waals surface area (Å²) in [5.74, 6) is 0. The van der Waals surface area contributed by atoms with Gasteiger partial charge in [0.2, 0.25) is 5.13 Å². The van der Waals surface area contributed by atoms with E-state index in [1.807, 2.05) is 5.38 Å². The maximum absolute atomic E-state index is 12.2. The first-order valence-electron chi connectivity index (χ1n) is 6.27. The predicted octanol–water partition coefficient (Wildman–Crippen LogP) is 2.18. The molecule has 0 spiro atoms. The van der Waals surface area contributed by atoms with E-state index in [0.717, 1.165) is 27.9 Å². The van der Waals surface area contributed by atoms with Crippen molar-refractivity contribution in [3.8, 4) is 0 Å². The molecule has 0 saturated heterocycles. The van der Waals surface area contributed by atoms with Crippen LogP contribution < -0.4 is 10.9 Å². The lowest BCUT2D eigenvalue weighted by atomic mass is 10.4. The lowest BCUT2D eigenvalue weighted by Gasteiger charge is -2.01. The highest BCUT2D eigenvalue weighted by molar-refractivity contribution is 7.16. The summed E-state index contributed by atoms with van der Waals surface area (Å²) in [5, 5.41) is 15.5. The Kier molecular flexibility index (Phi) is 3.75. The lowest BCUT2D eigenvalue weighted by Crippen LogP contribution is -2.20. The van der Waals surface area contributed by atoms with Crippen LogP contribution in [0.5, 0.6) is 0 Å². The summed E-state index contributed by atoms with van der Waals surface area (Å²) in [6.45, 7) is 3.37. The Morgan fingerprint density at radius 1 is 1.40 bits per heavy atom. The van der Waals surface area contributed by atoms with Crippen molar-refractivity contribution in [3.63, 3.8) is 0 Å². The van der Waals surface area contributed by atoms with E-state index in [2.05, 4.69) is 27.4 Å². The van der Waals surface area contributed by atoms with Crippen LogP contribution in [0.4, 0.5) is 5.13 Å². The van der Waals surface area contributed by atoms with Gasteiger partial charge < -0.3 is 5.32 Å². The van der Waals surface area contributed by atoms with Crippen molar-refractivity contribution in [1.29, 1.82) is 0 Å². The van der Waals surface area contributed by atoms with Gasteiger partial charge in [0.15, 0.2) is 0 Å². The molecule has 8 heteroatoms. The van der Waals surface area contributed by atoms with Crippen LogP contribution in [0.1, 0.15) is 18.4 Å². The molecule has 0 saturated carbocycles. The summed E-state index contributed by atoms with van der Waals surface area (Å²) in [6, 6.07) is 1.81. The molecule has 0 aliphatic carbocycles. The first kappa shape index (κ1) is 13.2. The van der Waals surface area contributed by atoms with E-state index in [4.69, 9.17) is 0 Å². The highest BCUT2D eigenvalue weighted by atomic mass is 32.1. The number of nitrogens with one attached hydrogen (secondary N) is 1. The van der Waals surface area contributed by atoms with Crippen LogP contribution in [-0.4, -0.2) is 26.3 Å². The van der Waals surface area contributed by atoms with Crippen LogP contribution in [0, 0.1) is 0 Å². The number of rotatable bonds is 5. The summed E-state index contributed by atoms with van der Waals surface area (Å²) >= 11 is 2.94. The van der Waals surface area contributed by atoms with E-state index < -0.39 is 0 Å². The molecule has 0 radical (unpaired) electrons. The van der Waals surface area contributed by atoms with Crippen molar-refractivity contribution in [2.75, 3.05) is 11.9 Å². The van der Waals surface area contributed by atoms with Crippen LogP contribution in [0.2, 0.25) is 0 Å². The van der Waals surface area contributed by atoms with Crippen LogP contribution in [0.15, 0.2) is 22.6 Å². The van der Waals surface area contributed by atoms with Gasteiger partial charge in [-0.1, -0.05) is 18.3 Å². The molecule has 1 N–H and O–H groups in total. The van der Waals surface area contributed by atoms with Gasteiger partial charge in [0.25, 0.3) is 5.56 Å². The molecule has 104 valence electrons. The highest BCUT2D eigenvalue weighted by Crippen LogP contribution is 2.17. The van der Waals surface area contributed by atoms with Gasteiger partial charge >= 0.3 is 0 Å². The molecule has 0 unspecified atom stereocenters. The van der Waals surface area contributed by atoms with Gasteiger partial charge in [-0.2, -0.15) is 0 Å². The molecule has 6 nitrogen and oxygen atoms in total. The molecule has 20 heavy (non-hydrogen) atoms. The maximum Gasteiger partial charge on any atom is 0.262 e. The molecule has 0 aliphatic heterocycles. The van der Waals surface area contributed by atoms with E-state index >= 15 is 0 Å². The normalized spacial score (nSPS) is 11.1. The number of hydrogen-bond acceptors (Lipinski definition) is 7. The van der Waals surface area contributed by atoms with Gasteiger partial charge in [0.05, 0.1) is 18.3 Å². The second kappa shape index (κ2) is 5.68.